The molecule has 0 N–H and O–H groups in total. The molecule has 0 spiro atoms. The van der Waals surface area contributed by atoms with Crippen molar-refractivity contribution in [3.63, 3.8) is 0 Å². The molecule has 2 aliphatic heterocycles. The smallest absolute Gasteiger partial charge is 0.179 e. The number of hydrogen-bond acceptors (Lipinski definition) is 5. The number of anilines is 1. The van der Waals surface area contributed by atoms with Gasteiger partial charge in [0.1, 0.15) is 5.82 Å². The highest BCUT2D eigenvalue weighted by Gasteiger charge is 2.43. The second-order valence-electron chi connectivity index (χ2n) is 7.66. The number of ether oxygens (including phenoxy) is 1. The Bertz CT molecular complexity index is 722. The van der Waals surface area contributed by atoms with E-state index in [1.165, 1.54) is 18.9 Å². The molecule has 0 aromatic heterocycles. The van der Waals surface area contributed by atoms with Gasteiger partial charge in [0.2, 0.25) is 0 Å². The number of nitrogens with zero attached hydrogens (tertiary/aromatic N) is 3. The van der Waals surface area contributed by atoms with E-state index >= 15 is 0 Å². The molecule has 4 rings (SSSR count). The Hall–Kier alpha value is -2.13. The van der Waals surface area contributed by atoms with E-state index in [0.29, 0.717) is 62.4 Å². The minimum Gasteiger partial charge on any atom is -0.378 e. The lowest BCUT2D eigenvalue weighted by atomic mass is 9.86. The highest BCUT2D eigenvalue weighted by molar-refractivity contribution is 5.96. The third-order valence-corrected chi connectivity index (χ3v) is 5.93. The van der Waals surface area contributed by atoms with Crippen LogP contribution in [-0.4, -0.2) is 50.1 Å². The van der Waals surface area contributed by atoms with E-state index in [-0.39, 0.29) is 17.5 Å². The van der Waals surface area contributed by atoms with Gasteiger partial charge in [-0.15, -0.1) is 0 Å². The summed E-state index contributed by atoms with van der Waals surface area (Å²) < 4.78 is 19.9. The maximum Gasteiger partial charge on any atom is 0.179 e. The summed E-state index contributed by atoms with van der Waals surface area (Å²) in [7, 11) is 0. The molecule has 1 aromatic rings. The van der Waals surface area contributed by atoms with E-state index in [9.17, 15) is 14.4 Å². The van der Waals surface area contributed by atoms with E-state index in [4.69, 9.17) is 4.74 Å². The van der Waals surface area contributed by atoms with Crippen molar-refractivity contribution in [2.24, 2.45) is 17.8 Å². The van der Waals surface area contributed by atoms with Crippen LogP contribution < -0.4 is 4.90 Å². The van der Waals surface area contributed by atoms with Crippen LogP contribution in [0.3, 0.4) is 0 Å². The van der Waals surface area contributed by atoms with Crippen LogP contribution in [-0.2, 0) is 4.74 Å². The Morgan fingerprint density at radius 2 is 2.04 bits per heavy atom. The molecule has 2 atom stereocenters. The molecule has 138 valence electrons. The van der Waals surface area contributed by atoms with Gasteiger partial charge >= 0.3 is 0 Å². The topological polar surface area (TPSA) is 56.6 Å². The second kappa shape index (κ2) is 7.24. The van der Waals surface area contributed by atoms with Gasteiger partial charge in [0.05, 0.1) is 18.9 Å². The van der Waals surface area contributed by atoms with Crippen molar-refractivity contribution in [1.82, 2.24) is 4.90 Å². The summed E-state index contributed by atoms with van der Waals surface area (Å²) in [5.74, 6) is 0.925. The van der Waals surface area contributed by atoms with Gasteiger partial charge in [0.15, 0.2) is 12.0 Å². The highest BCUT2D eigenvalue weighted by Crippen LogP contribution is 2.45. The third-order valence-electron chi connectivity index (χ3n) is 5.93. The van der Waals surface area contributed by atoms with Crippen molar-refractivity contribution in [1.29, 1.82) is 5.26 Å². The van der Waals surface area contributed by atoms with Gasteiger partial charge in [0, 0.05) is 38.2 Å². The first-order chi connectivity index (χ1) is 12.7. The van der Waals surface area contributed by atoms with Crippen LogP contribution >= 0.6 is 0 Å². The van der Waals surface area contributed by atoms with Crippen LogP contribution in [0.4, 0.5) is 10.1 Å². The lowest BCUT2D eigenvalue weighted by molar-refractivity contribution is 0.0950. The number of benzene rings is 1. The number of ketones is 1. The fourth-order valence-corrected chi connectivity index (χ4v) is 4.35. The van der Waals surface area contributed by atoms with Gasteiger partial charge in [-0.05, 0) is 48.8 Å². The summed E-state index contributed by atoms with van der Waals surface area (Å²) in [5, 5.41) is 9.17. The number of nitriles is 1. The average Bonchev–Trinajstić information content (AvgIpc) is 3.43. The zero-order valence-electron chi connectivity index (χ0n) is 14.9. The Labute approximate surface area is 153 Å². The molecular weight excluding hydrogens is 333 g/mol. The number of halogens is 1. The monoisotopic (exact) mass is 357 g/mol. The molecule has 0 bridgehead atoms. The second-order valence-corrected chi connectivity index (χ2v) is 7.66. The van der Waals surface area contributed by atoms with Crippen LogP contribution in [0.1, 0.15) is 29.6 Å². The van der Waals surface area contributed by atoms with Gasteiger partial charge in [-0.3, -0.25) is 4.79 Å². The standard InChI is InChI=1S/C20H24FN3O2/c21-18-9-15(3-4-19(18)24-5-7-26-8-6-24)20(25)10-16-11-23(13-22)12-17(16)14-1-2-14/h3-4,9,14,16-17H,1-2,5-8,10-12H2/t16-,17-/m0/s1. The van der Waals surface area contributed by atoms with Crippen LogP contribution in [0.5, 0.6) is 0 Å². The fraction of sp³-hybridized carbons (Fsp3) is 0.600. The largest absolute Gasteiger partial charge is 0.378 e. The van der Waals surface area contributed by atoms with E-state index in [2.05, 4.69) is 6.19 Å². The van der Waals surface area contributed by atoms with Gasteiger partial charge in [0.25, 0.3) is 0 Å². The normalized spacial score (nSPS) is 26.0. The summed E-state index contributed by atoms with van der Waals surface area (Å²) >= 11 is 0. The number of hydrogen-bond donors (Lipinski definition) is 0. The number of carbonyl (C=O) groups is 1. The molecule has 3 aliphatic rings. The molecule has 0 radical (unpaired) electrons. The summed E-state index contributed by atoms with van der Waals surface area (Å²) in [6.07, 6.45) is 5.03. The zero-order chi connectivity index (χ0) is 18.1. The first-order valence-corrected chi connectivity index (χ1v) is 9.46. The van der Waals surface area contributed by atoms with E-state index < -0.39 is 0 Å². The molecule has 0 unspecified atom stereocenters. The fourth-order valence-electron chi connectivity index (χ4n) is 4.35. The molecule has 1 aliphatic carbocycles. The van der Waals surface area contributed by atoms with Crippen LogP contribution in [0.15, 0.2) is 18.2 Å². The minimum atomic E-state index is -0.346. The number of likely N-dealkylation sites (tertiary alicyclic amines) is 1. The minimum absolute atomic E-state index is 0.0205. The summed E-state index contributed by atoms with van der Waals surface area (Å²) in [6.45, 7) is 3.94. The van der Waals surface area contributed by atoms with Crippen molar-refractivity contribution in [3.05, 3.63) is 29.6 Å². The van der Waals surface area contributed by atoms with Crippen molar-refractivity contribution < 1.29 is 13.9 Å². The number of Topliss-reactive ketones (excluding diaryl/α,β-unsaturated/α-hetero) is 1. The maximum atomic E-state index is 14.6. The highest BCUT2D eigenvalue weighted by atomic mass is 19.1. The lowest BCUT2D eigenvalue weighted by Crippen LogP contribution is -2.36. The third kappa shape index (κ3) is 3.54. The molecule has 1 aromatic carbocycles. The van der Waals surface area contributed by atoms with Gasteiger partial charge in [-0.1, -0.05) is 0 Å². The molecule has 3 fully saturated rings. The molecule has 26 heavy (non-hydrogen) atoms. The van der Waals surface area contributed by atoms with Gasteiger partial charge < -0.3 is 14.5 Å². The summed E-state index contributed by atoms with van der Waals surface area (Å²) in [5.41, 5.74) is 0.974. The Morgan fingerprint density at radius 1 is 1.27 bits per heavy atom. The van der Waals surface area contributed by atoms with E-state index in [1.54, 1.807) is 17.0 Å². The number of carbonyl (C=O) groups excluding carboxylic acids is 1. The van der Waals surface area contributed by atoms with Crippen LogP contribution in [0, 0.1) is 35.0 Å². The molecule has 2 heterocycles. The van der Waals surface area contributed by atoms with Gasteiger partial charge in [-0.2, -0.15) is 5.26 Å². The quantitative estimate of drug-likeness (QED) is 0.599. The maximum absolute atomic E-state index is 14.6. The summed E-state index contributed by atoms with van der Waals surface area (Å²) in [4.78, 5) is 16.4. The molecule has 2 saturated heterocycles. The van der Waals surface area contributed by atoms with E-state index in [0.717, 1.165) is 6.54 Å². The van der Waals surface area contributed by atoms with Crippen molar-refractivity contribution in [2.75, 3.05) is 44.3 Å². The predicted molar refractivity (Wildman–Crippen MR) is 95.3 cm³/mol. The molecule has 1 saturated carbocycles. The Balaban J connectivity index is 1.44. The SMILES string of the molecule is N#CN1C[C@H](CC(=O)c2ccc(N3CCOCC3)c(F)c2)[C@H](C2CC2)C1. The Kier molecular flexibility index (Phi) is 4.82. The van der Waals surface area contributed by atoms with E-state index in [1.807, 2.05) is 4.90 Å². The van der Waals surface area contributed by atoms with Crippen molar-refractivity contribution in [3.8, 4) is 6.19 Å². The number of rotatable bonds is 5. The number of morpholine rings is 1. The van der Waals surface area contributed by atoms with Crippen molar-refractivity contribution >= 4 is 11.5 Å². The lowest BCUT2D eigenvalue weighted by Gasteiger charge is -2.29. The summed E-state index contributed by atoms with van der Waals surface area (Å²) in [6, 6.07) is 4.82. The van der Waals surface area contributed by atoms with Crippen LogP contribution in [0.2, 0.25) is 0 Å². The van der Waals surface area contributed by atoms with Gasteiger partial charge in [-0.25, -0.2) is 4.39 Å². The molecule has 0 amide bonds. The zero-order valence-corrected chi connectivity index (χ0v) is 14.9. The average molecular weight is 357 g/mol. The molecule has 5 nitrogen and oxygen atoms in total. The van der Waals surface area contributed by atoms with Crippen molar-refractivity contribution in [2.45, 2.75) is 19.3 Å². The first kappa shape index (κ1) is 17.3. The molecular formula is C20H24FN3O2. The van der Waals surface area contributed by atoms with Crippen LogP contribution in [0.25, 0.3) is 0 Å². The predicted octanol–water partition coefficient (Wildman–Crippen LogP) is 2.67. The Morgan fingerprint density at radius 3 is 2.69 bits per heavy atom. The first-order valence-electron chi connectivity index (χ1n) is 9.46. The molecule has 6 heteroatoms.